The molecule has 0 amide bonds. The first-order valence-corrected chi connectivity index (χ1v) is 10.9. The van der Waals surface area contributed by atoms with Crippen LogP contribution in [0, 0.1) is 0 Å². The van der Waals surface area contributed by atoms with Crippen molar-refractivity contribution in [2.24, 2.45) is 0 Å². The molecular formula is C26H19ClKNO6. The Morgan fingerprint density at radius 1 is 1.09 bits per heavy atom. The maximum absolute atomic E-state index is 13.4. The minimum atomic E-state index is -1.44. The van der Waals surface area contributed by atoms with Gasteiger partial charge in [-0.2, -0.15) is 0 Å². The average molecular weight is 516 g/mol. The summed E-state index contributed by atoms with van der Waals surface area (Å²) in [5.41, 5.74) is 1.47. The number of carbonyl (C=O) groups is 1. The topological polar surface area (TPSA) is 89.8 Å². The number of pyridine rings is 1. The molecule has 5 rings (SSSR count). The van der Waals surface area contributed by atoms with Gasteiger partial charge in [-0.3, -0.25) is 4.79 Å². The van der Waals surface area contributed by atoms with Crippen molar-refractivity contribution in [3.05, 3.63) is 98.3 Å². The van der Waals surface area contributed by atoms with Crippen LogP contribution in [0.25, 0.3) is 10.9 Å². The van der Waals surface area contributed by atoms with Crippen LogP contribution in [-0.2, 0) is 13.0 Å². The van der Waals surface area contributed by atoms with E-state index in [4.69, 9.17) is 25.8 Å². The minimum Gasteiger partial charge on any atom is -0.543 e. The molecule has 0 saturated heterocycles. The normalized spacial score (nSPS) is 11.8. The van der Waals surface area contributed by atoms with E-state index in [0.29, 0.717) is 38.7 Å². The number of hydrogen-bond acceptors (Lipinski definition) is 6. The first-order chi connectivity index (χ1) is 16.5. The fourth-order valence-corrected chi connectivity index (χ4v) is 4.43. The molecule has 9 heteroatoms. The summed E-state index contributed by atoms with van der Waals surface area (Å²) >= 11 is 6.48. The molecule has 0 aliphatic carbocycles. The fraction of sp³-hybridized carbons (Fsp3) is 0.154. The molecule has 7 nitrogen and oxygen atoms in total. The second-order valence-electron chi connectivity index (χ2n) is 7.87. The van der Waals surface area contributed by atoms with E-state index < -0.39 is 5.97 Å². The molecule has 1 aliphatic heterocycles. The third-order valence-corrected chi connectivity index (χ3v) is 6.22. The molecule has 0 saturated carbocycles. The number of aromatic carboxylic acids is 1. The Kier molecular flexibility index (Phi) is 7.90. The van der Waals surface area contributed by atoms with Gasteiger partial charge in [0.05, 0.1) is 24.3 Å². The van der Waals surface area contributed by atoms with Crippen molar-refractivity contribution < 1.29 is 75.5 Å². The van der Waals surface area contributed by atoms with E-state index in [0.717, 1.165) is 5.56 Å². The van der Waals surface area contributed by atoms with E-state index in [9.17, 15) is 14.7 Å². The number of fused-ring (bicyclic) bond motifs is 2. The molecular weight excluding hydrogens is 497 g/mol. The van der Waals surface area contributed by atoms with Crippen LogP contribution in [0.3, 0.4) is 0 Å². The van der Waals surface area contributed by atoms with Crippen LogP contribution in [0.5, 0.6) is 17.2 Å². The van der Waals surface area contributed by atoms with Crippen LogP contribution in [0.15, 0.2) is 65.5 Å². The van der Waals surface area contributed by atoms with Crippen molar-refractivity contribution in [3.63, 3.8) is 0 Å². The van der Waals surface area contributed by atoms with Crippen LogP contribution in [0.2, 0.25) is 5.02 Å². The standard InChI is InChI=1S/C26H20ClNO6.K/c1-32-17-8-6-15(7-9-17)10-19-24(26(30)31)28(21-5-3-2-4-18(21)25(19)29)13-16-11-22-23(12-20(16)27)34-14-33-22;/h2-9,11-12H,10,13-14H2,1H3,(H,30,31);/q;+1/p-1. The molecule has 4 aromatic rings. The third-order valence-electron chi connectivity index (χ3n) is 5.87. The number of carboxylic acid groups (broad SMARTS) is 1. The molecule has 0 N–H and O–H groups in total. The van der Waals surface area contributed by atoms with Crippen molar-refractivity contribution in [2.45, 2.75) is 13.0 Å². The van der Waals surface area contributed by atoms with Crippen molar-refractivity contribution in [1.82, 2.24) is 4.57 Å². The van der Waals surface area contributed by atoms with E-state index in [-0.39, 0.29) is 87.8 Å². The first kappa shape index (κ1) is 25.8. The molecule has 3 aromatic carbocycles. The summed E-state index contributed by atoms with van der Waals surface area (Å²) in [7, 11) is 1.56. The zero-order valence-corrected chi connectivity index (χ0v) is 23.0. The predicted molar refractivity (Wildman–Crippen MR) is 125 cm³/mol. The number of para-hydroxylation sites is 1. The maximum atomic E-state index is 13.4. The summed E-state index contributed by atoms with van der Waals surface area (Å²) < 4.78 is 17.6. The first-order valence-electron chi connectivity index (χ1n) is 10.5. The molecule has 0 spiro atoms. The second-order valence-corrected chi connectivity index (χ2v) is 8.28. The Hall–Kier alpha value is -2.33. The zero-order valence-electron chi connectivity index (χ0n) is 19.2. The van der Waals surface area contributed by atoms with Gasteiger partial charge < -0.3 is 28.7 Å². The molecule has 0 radical (unpaired) electrons. The smallest absolute Gasteiger partial charge is 0.543 e. The third kappa shape index (κ3) is 5.00. The molecule has 1 aliphatic rings. The van der Waals surface area contributed by atoms with E-state index in [1.807, 2.05) is 0 Å². The van der Waals surface area contributed by atoms with Crippen LogP contribution >= 0.6 is 11.6 Å². The van der Waals surface area contributed by atoms with Gasteiger partial charge in [-0.25, -0.2) is 0 Å². The van der Waals surface area contributed by atoms with Crippen LogP contribution < -0.4 is 76.1 Å². The number of rotatable bonds is 6. The van der Waals surface area contributed by atoms with Gasteiger partial charge in [0.15, 0.2) is 16.9 Å². The average Bonchev–Trinajstić information content (AvgIpc) is 3.29. The Labute approximate surface area is 248 Å². The summed E-state index contributed by atoms with van der Waals surface area (Å²) in [5.74, 6) is 0.275. The maximum Gasteiger partial charge on any atom is 1.00 e. The summed E-state index contributed by atoms with van der Waals surface area (Å²) in [6.07, 6.45) is 0.117. The van der Waals surface area contributed by atoms with Gasteiger partial charge in [0.2, 0.25) is 6.79 Å². The van der Waals surface area contributed by atoms with Gasteiger partial charge in [-0.1, -0.05) is 35.9 Å². The van der Waals surface area contributed by atoms with Crippen LogP contribution in [0.4, 0.5) is 0 Å². The molecule has 0 unspecified atom stereocenters. The van der Waals surface area contributed by atoms with Crippen molar-refractivity contribution in [2.75, 3.05) is 13.9 Å². The monoisotopic (exact) mass is 515 g/mol. The van der Waals surface area contributed by atoms with E-state index in [2.05, 4.69) is 0 Å². The summed E-state index contributed by atoms with van der Waals surface area (Å²) in [4.78, 5) is 25.8. The summed E-state index contributed by atoms with van der Waals surface area (Å²) in [5, 5.41) is 13.2. The number of nitrogens with zero attached hydrogens (tertiary/aromatic N) is 1. The van der Waals surface area contributed by atoms with E-state index in [1.165, 1.54) is 0 Å². The van der Waals surface area contributed by atoms with Gasteiger partial charge >= 0.3 is 51.4 Å². The molecule has 1 aromatic heterocycles. The molecule has 0 bridgehead atoms. The fourth-order valence-electron chi connectivity index (χ4n) is 4.21. The predicted octanol–water partition coefficient (Wildman–Crippen LogP) is 0.399. The van der Waals surface area contributed by atoms with Gasteiger partial charge in [-0.05, 0) is 41.5 Å². The number of carbonyl (C=O) groups excluding carboxylic acids is 1. The number of benzene rings is 3. The minimum absolute atomic E-state index is 0. The Morgan fingerprint density at radius 2 is 1.77 bits per heavy atom. The van der Waals surface area contributed by atoms with Crippen molar-refractivity contribution >= 4 is 28.5 Å². The molecule has 2 heterocycles. The van der Waals surface area contributed by atoms with Crippen LogP contribution in [-0.4, -0.2) is 24.4 Å². The van der Waals surface area contributed by atoms with Crippen LogP contribution in [0.1, 0.15) is 27.2 Å². The Morgan fingerprint density at radius 3 is 2.46 bits per heavy atom. The number of aromatic nitrogens is 1. The molecule has 172 valence electrons. The van der Waals surface area contributed by atoms with Crippen molar-refractivity contribution in [3.8, 4) is 17.2 Å². The molecule has 0 atom stereocenters. The van der Waals surface area contributed by atoms with E-state index in [1.54, 1.807) is 72.3 Å². The Balaban J connectivity index is 0.00000289. The van der Waals surface area contributed by atoms with Gasteiger partial charge in [0.25, 0.3) is 0 Å². The summed E-state index contributed by atoms with van der Waals surface area (Å²) in [6.45, 7) is 0.182. The molecule has 0 fully saturated rings. The number of ether oxygens (including phenoxy) is 3. The SMILES string of the molecule is COc1ccc(Cc2c(C(=O)[O-])n(Cc3cc4c(cc3Cl)OCO4)c3ccccc3c2=O)cc1.[K+]. The largest absolute Gasteiger partial charge is 1.00 e. The number of hydrogen-bond donors (Lipinski definition) is 0. The Bertz CT molecular complexity index is 1480. The van der Waals surface area contributed by atoms with Gasteiger partial charge in [-0.15, -0.1) is 0 Å². The number of carboxylic acids is 1. The zero-order chi connectivity index (χ0) is 23.8. The van der Waals surface area contributed by atoms with E-state index >= 15 is 0 Å². The summed E-state index contributed by atoms with van der Waals surface area (Å²) in [6, 6.07) is 17.4. The second kappa shape index (κ2) is 10.7. The van der Waals surface area contributed by atoms with Gasteiger partial charge in [0, 0.05) is 35.0 Å². The van der Waals surface area contributed by atoms with Crippen molar-refractivity contribution in [1.29, 1.82) is 0 Å². The van der Waals surface area contributed by atoms with Gasteiger partial charge in [0.1, 0.15) is 5.75 Å². The molecule has 35 heavy (non-hydrogen) atoms. The number of halogens is 1. The quantitative estimate of drug-likeness (QED) is 0.345. The number of methoxy groups -OCH3 is 1.